The molecule has 96 valence electrons. The lowest BCUT2D eigenvalue weighted by molar-refractivity contribution is 0.338. The number of hydrogen-bond acceptors (Lipinski definition) is 4. The number of hydrogen-bond donors (Lipinski definition) is 1. The molecule has 4 nitrogen and oxygen atoms in total. The van der Waals surface area contributed by atoms with Gasteiger partial charge in [0.25, 0.3) is 0 Å². The van der Waals surface area contributed by atoms with Gasteiger partial charge in [-0.3, -0.25) is 4.98 Å². The zero-order valence-corrected chi connectivity index (χ0v) is 10.8. The van der Waals surface area contributed by atoms with Crippen molar-refractivity contribution in [3.8, 4) is 11.8 Å². The molecule has 2 aromatic rings. The van der Waals surface area contributed by atoms with Crippen molar-refractivity contribution in [2.45, 2.75) is 13.5 Å². The maximum Gasteiger partial charge on any atom is 0.137 e. The second-order valence-corrected chi connectivity index (χ2v) is 4.00. The van der Waals surface area contributed by atoms with Crippen LogP contribution in [0.5, 0.6) is 5.75 Å². The smallest absolute Gasteiger partial charge is 0.137 e. The summed E-state index contributed by atoms with van der Waals surface area (Å²) in [6.07, 6.45) is 3.51. The predicted octanol–water partition coefficient (Wildman–Crippen LogP) is 2.96. The lowest BCUT2D eigenvalue weighted by atomic mass is 10.2. The van der Waals surface area contributed by atoms with E-state index in [1.54, 1.807) is 24.5 Å². The first-order chi connectivity index (χ1) is 9.31. The number of pyridine rings is 1. The lowest BCUT2D eigenvalue weighted by Gasteiger charge is -2.08. The zero-order valence-electron chi connectivity index (χ0n) is 10.8. The van der Waals surface area contributed by atoms with Gasteiger partial charge in [0.1, 0.15) is 5.75 Å². The van der Waals surface area contributed by atoms with Crippen molar-refractivity contribution in [2.75, 3.05) is 11.9 Å². The maximum atomic E-state index is 8.72. The highest BCUT2D eigenvalue weighted by Gasteiger charge is 1.98. The van der Waals surface area contributed by atoms with E-state index < -0.39 is 0 Å². The van der Waals surface area contributed by atoms with Crippen molar-refractivity contribution in [3.05, 3.63) is 53.9 Å². The number of benzene rings is 1. The summed E-state index contributed by atoms with van der Waals surface area (Å²) in [5.41, 5.74) is 2.68. The fourth-order valence-corrected chi connectivity index (χ4v) is 1.67. The van der Waals surface area contributed by atoms with Crippen molar-refractivity contribution in [3.63, 3.8) is 0 Å². The first-order valence-electron chi connectivity index (χ1n) is 6.12. The van der Waals surface area contributed by atoms with Crippen molar-refractivity contribution < 1.29 is 4.74 Å². The minimum Gasteiger partial charge on any atom is -0.492 e. The number of nitrogens with one attached hydrogen (secondary N) is 1. The van der Waals surface area contributed by atoms with Crippen molar-refractivity contribution >= 4 is 5.69 Å². The minimum absolute atomic E-state index is 0.633. The Labute approximate surface area is 112 Å². The molecule has 0 spiro atoms. The van der Waals surface area contributed by atoms with Crippen LogP contribution < -0.4 is 10.1 Å². The Balaban J connectivity index is 1.97. The van der Waals surface area contributed by atoms with E-state index in [1.165, 1.54) is 0 Å². The molecule has 0 fully saturated rings. The third kappa shape index (κ3) is 3.71. The molecule has 1 aromatic heterocycles. The first-order valence-corrected chi connectivity index (χ1v) is 6.12. The van der Waals surface area contributed by atoms with E-state index in [2.05, 4.69) is 16.4 Å². The van der Waals surface area contributed by atoms with Crippen LogP contribution in [0.15, 0.2) is 42.7 Å². The average molecular weight is 253 g/mol. The van der Waals surface area contributed by atoms with E-state index in [1.807, 2.05) is 25.1 Å². The summed E-state index contributed by atoms with van der Waals surface area (Å²) in [7, 11) is 0. The van der Waals surface area contributed by atoms with E-state index >= 15 is 0 Å². The molecular weight excluding hydrogens is 238 g/mol. The van der Waals surface area contributed by atoms with Crippen LogP contribution in [0.3, 0.4) is 0 Å². The molecule has 1 heterocycles. The molecule has 1 N–H and O–H groups in total. The Morgan fingerprint density at radius 1 is 1.26 bits per heavy atom. The standard InChI is InChI=1S/C15H15N3O/c1-2-19-15-7-13(9-17-11-15)10-18-14-5-3-12(8-16)4-6-14/h3-7,9,11,18H,2,10H2,1H3. The molecule has 0 saturated heterocycles. The van der Waals surface area contributed by atoms with Gasteiger partial charge in [-0.05, 0) is 42.8 Å². The van der Waals surface area contributed by atoms with E-state index in [-0.39, 0.29) is 0 Å². The van der Waals surface area contributed by atoms with E-state index in [0.29, 0.717) is 18.7 Å². The highest BCUT2D eigenvalue weighted by atomic mass is 16.5. The summed E-state index contributed by atoms with van der Waals surface area (Å²) in [6.45, 7) is 3.25. The summed E-state index contributed by atoms with van der Waals surface area (Å²) >= 11 is 0. The SMILES string of the molecule is CCOc1cncc(CNc2ccc(C#N)cc2)c1. The zero-order chi connectivity index (χ0) is 13.5. The van der Waals surface area contributed by atoms with E-state index in [0.717, 1.165) is 17.0 Å². The van der Waals surface area contributed by atoms with Gasteiger partial charge in [0, 0.05) is 18.4 Å². The van der Waals surface area contributed by atoms with Gasteiger partial charge in [-0.15, -0.1) is 0 Å². The molecule has 19 heavy (non-hydrogen) atoms. The molecule has 0 aliphatic heterocycles. The van der Waals surface area contributed by atoms with Crippen molar-refractivity contribution in [1.29, 1.82) is 5.26 Å². The Bertz CT molecular complexity index is 573. The van der Waals surface area contributed by atoms with Crippen LogP contribution in [0, 0.1) is 11.3 Å². The van der Waals surface area contributed by atoms with Gasteiger partial charge in [-0.1, -0.05) is 0 Å². The summed E-state index contributed by atoms with van der Waals surface area (Å²) in [4.78, 5) is 4.13. The van der Waals surface area contributed by atoms with Gasteiger partial charge in [0.2, 0.25) is 0 Å². The van der Waals surface area contributed by atoms with Gasteiger partial charge in [0.05, 0.1) is 24.4 Å². The normalized spacial score (nSPS) is 9.68. The fourth-order valence-electron chi connectivity index (χ4n) is 1.67. The summed E-state index contributed by atoms with van der Waals surface area (Å²) in [6, 6.07) is 11.4. The van der Waals surface area contributed by atoms with Crippen LogP contribution >= 0.6 is 0 Å². The summed E-state index contributed by atoms with van der Waals surface area (Å²) in [5.74, 6) is 0.779. The number of nitrogens with zero attached hydrogens (tertiary/aromatic N) is 2. The van der Waals surface area contributed by atoms with Crippen LogP contribution in [-0.4, -0.2) is 11.6 Å². The molecule has 0 atom stereocenters. The van der Waals surface area contributed by atoms with Gasteiger partial charge in [-0.25, -0.2) is 0 Å². The molecule has 0 bridgehead atoms. The Morgan fingerprint density at radius 3 is 2.74 bits per heavy atom. The third-order valence-electron chi connectivity index (χ3n) is 2.59. The fraction of sp³-hybridized carbons (Fsp3) is 0.200. The molecular formula is C15H15N3O. The van der Waals surface area contributed by atoms with Gasteiger partial charge < -0.3 is 10.1 Å². The van der Waals surface area contributed by atoms with Crippen LogP contribution in [0.2, 0.25) is 0 Å². The first kappa shape index (κ1) is 12.9. The number of aromatic nitrogens is 1. The van der Waals surface area contributed by atoms with E-state index in [9.17, 15) is 0 Å². The molecule has 0 amide bonds. The molecule has 0 unspecified atom stereocenters. The topological polar surface area (TPSA) is 57.9 Å². The largest absolute Gasteiger partial charge is 0.492 e. The minimum atomic E-state index is 0.633. The Hall–Kier alpha value is -2.54. The molecule has 4 heteroatoms. The average Bonchev–Trinajstić information content (AvgIpc) is 2.46. The molecule has 2 rings (SSSR count). The maximum absolute atomic E-state index is 8.72. The quantitative estimate of drug-likeness (QED) is 0.890. The predicted molar refractivity (Wildman–Crippen MR) is 73.9 cm³/mol. The third-order valence-corrected chi connectivity index (χ3v) is 2.59. The summed E-state index contributed by atoms with van der Waals surface area (Å²) < 4.78 is 5.40. The Morgan fingerprint density at radius 2 is 2.05 bits per heavy atom. The second-order valence-electron chi connectivity index (χ2n) is 4.00. The molecule has 1 aromatic carbocycles. The highest BCUT2D eigenvalue weighted by molar-refractivity contribution is 5.47. The number of nitriles is 1. The van der Waals surface area contributed by atoms with Gasteiger partial charge in [-0.2, -0.15) is 5.26 Å². The van der Waals surface area contributed by atoms with Crippen molar-refractivity contribution in [1.82, 2.24) is 4.98 Å². The summed E-state index contributed by atoms with van der Waals surface area (Å²) in [5, 5.41) is 12.0. The van der Waals surface area contributed by atoms with Crippen LogP contribution in [-0.2, 0) is 6.54 Å². The van der Waals surface area contributed by atoms with Crippen molar-refractivity contribution in [2.24, 2.45) is 0 Å². The van der Waals surface area contributed by atoms with E-state index in [4.69, 9.17) is 10.00 Å². The molecule has 0 radical (unpaired) electrons. The van der Waals surface area contributed by atoms with Crippen LogP contribution in [0.1, 0.15) is 18.1 Å². The van der Waals surface area contributed by atoms with Gasteiger partial charge >= 0.3 is 0 Å². The van der Waals surface area contributed by atoms with Crippen LogP contribution in [0.4, 0.5) is 5.69 Å². The second kappa shape index (κ2) is 6.41. The Kier molecular flexibility index (Phi) is 4.35. The molecule has 0 aliphatic rings. The highest BCUT2D eigenvalue weighted by Crippen LogP contribution is 2.14. The number of rotatable bonds is 5. The lowest BCUT2D eigenvalue weighted by Crippen LogP contribution is -2.01. The molecule has 0 aliphatic carbocycles. The monoisotopic (exact) mass is 253 g/mol. The number of anilines is 1. The molecule has 0 saturated carbocycles. The van der Waals surface area contributed by atoms with Gasteiger partial charge in [0.15, 0.2) is 0 Å². The number of ether oxygens (including phenoxy) is 1. The van der Waals surface area contributed by atoms with Crippen LogP contribution in [0.25, 0.3) is 0 Å².